The van der Waals surface area contributed by atoms with Crippen molar-refractivity contribution in [3.63, 3.8) is 0 Å². The third-order valence-electron chi connectivity index (χ3n) is 5.35. The molecule has 178 valence electrons. The highest BCUT2D eigenvalue weighted by molar-refractivity contribution is 7.80. The van der Waals surface area contributed by atoms with E-state index in [-0.39, 0.29) is 16.6 Å². The average Bonchev–Trinajstić information content (AvgIpc) is 3.56. The van der Waals surface area contributed by atoms with Crippen LogP contribution in [0.3, 0.4) is 0 Å². The summed E-state index contributed by atoms with van der Waals surface area (Å²) < 4.78 is 11.4. The summed E-state index contributed by atoms with van der Waals surface area (Å²) in [5.41, 5.74) is 3.74. The molecule has 2 N–H and O–H groups in total. The lowest BCUT2D eigenvalue weighted by atomic mass is 10.1. The van der Waals surface area contributed by atoms with E-state index < -0.39 is 10.8 Å². The largest absolute Gasteiger partial charge is 0.451 e. The normalized spacial score (nSPS) is 10.8. The second-order valence-electron chi connectivity index (χ2n) is 7.79. The minimum Gasteiger partial charge on any atom is -0.451 e. The number of carbonyl (C=O) groups is 1. The van der Waals surface area contributed by atoms with Gasteiger partial charge in [0.1, 0.15) is 11.3 Å². The van der Waals surface area contributed by atoms with Crippen LogP contribution in [-0.4, -0.2) is 20.9 Å². The van der Waals surface area contributed by atoms with E-state index in [1.54, 1.807) is 18.2 Å². The molecule has 0 bridgehead atoms. The number of oxazole rings is 1. The molecule has 0 atom stereocenters. The fourth-order valence-corrected chi connectivity index (χ4v) is 3.70. The van der Waals surface area contributed by atoms with Gasteiger partial charge in [-0.15, -0.1) is 0 Å². The Morgan fingerprint density at radius 2 is 1.75 bits per heavy atom. The lowest BCUT2D eigenvalue weighted by molar-refractivity contribution is -0.384. The van der Waals surface area contributed by atoms with Gasteiger partial charge in [-0.25, -0.2) is 4.98 Å². The van der Waals surface area contributed by atoms with Crippen molar-refractivity contribution in [1.29, 1.82) is 0 Å². The molecule has 0 saturated heterocycles. The number of para-hydroxylation sites is 2. The number of nitrogens with one attached hydrogen (secondary N) is 2. The molecule has 3 aromatic carbocycles. The van der Waals surface area contributed by atoms with Crippen molar-refractivity contribution in [2.75, 3.05) is 0 Å². The van der Waals surface area contributed by atoms with E-state index in [1.807, 2.05) is 48.5 Å². The summed E-state index contributed by atoms with van der Waals surface area (Å²) in [4.78, 5) is 27.5. The van der Waals surface area contributed by atoms with Crippen LogP contribution in [0.15, 0.2) is 93.8 Å². The first-order valence-corrected chi connectivity index (χ1v) is 11.3. The molecule has 5 aromatic rings. The SMILES string of the molecule is O=C(NC(=S)NCc1ccc(-c2nc3ccccc3o2)cc1)c1ccc(-c2cccc([N+](=O)[O-])c2)o1. The van der Waals surface area contributed by atoms with Gasteiger partial charge in [-0.1, -0.05) is 36.4 Å². The predicted octanol–water partition coefficient (Wildman–Crippen LogP) is 5.47. The van der Waals surface area contributed by atoms with E-state index >= 15 is 0 Å². The van der Waals surface area contributed by atoms with Gasteiger partial charge >= 0.3 is 0 Å². The van der Waals surface area contributed by atoms with Gasteiger partial charge < -0.3 is 14.2 Å². The lowest BCUT2D eigenvalue weighted by Crippen LogP contribution is -2.38. The highest BCUT2D eigenvalue weighted by atomic mass is 32.1. The molecule has 0 saturated carbocycles. The highest BCUT2D eigenvalue weighted by Crippen LogP contribution is 2.26. The van der Waals surface area contributed by atoms with Crippen LogP contribution in [-0.2, 0) is 6.54 Å². The van der Waals surface area contributed by atoms with Gasteiger partial charge in [0, 0.05) is 29.8 Å². The summed E-state index contributed by atoms with van der Waals surface area (Å²) >= 11 is 5.23. The smallest absolute Gasteiger partial charge is 0.293 e. The molecular weight excluding hydrogens is 480 g/mol. The van der Waals surface area contributed by atoms with E-state index in [1.165, 1.54) is 18.2 Å². The molecule has 2 aromatic heterocycles. The van der Waals surface area contributed by atoms with Crippen LogP contribution in [0.2, 0.25) is 0 Å². The third-order valence-corrected chi connectivity index (χ3v) is 5.59. The number of benzene rings is 3. The van der Waals surface area contributed by atoms with Crippen molar-refractivity contribution in [1.82, 2.24) is 15.6 Å². The van der Waals surface area contributed by atoms with Crippen molar-refractivity contribution in [2.45, 2.75) is 6.54 Å². The second kappa shape index (κ2) is 9.80. The number of nitro groups is 1. The number of rotatable bonds is 6. The summed E-state index contributed by atoms with van der Waals surface area (Å²) in [7, 11) is 0. The molecule has 0 spiro atoms. The maximum absolute atomic E-state index is 12.5. The van der Waals surface area contributed by atoms with Crippen LogP contribution in [0.1, 0.15) is 16.1 Å². The van der Waals surface area contributed by atoms with E-state index in [4.69, 9.17) is 21.1 Å². The van der Waals surface area contributed by atoms with Crippen LogP contribution >= 0.6 is 12.2 Å². The maximum atomic E-state index is 12.5. The quantitative estimate of drug-likeness (QED) is 0.180. The van der Waals surface area contributed by atoms with Gasteiger partial charge in [0.15, 0.2) is 16.5 Å². The number of nitro benzene ring substituents is 1. The van der Waals surface area contributed by atoms with E-state index in [0.717, 1.165) is 22.2 Å². The van der Waals surface area contributed by atoms with Crippen LogP contribution < -0.4 is 10.6 Å². The molecule has 5 rings (SSSR count). The first-order chi connectivity index (χ1) is 17.5. The number of aromatic nitrogens is 1. The lowest BCUT2D eigenvalue weighted by Gasteiger charge is -2.09. The van der Waals surface area contributed by atoms with Crippen molar-refractivity contribution in [3.05, 3.63) is 106 Å². The molecule has 0 radical (unpaired) electrons. The Morgan fingerprint density at radius 1 is 0.944 bits per heavy atom. The molecule has 1 amide bonds. The van der Waals surface area contributed by atoms with E-state index in [2.05, 4.69) is 15.6 Å². The Morgan fingerprint density at radius 3 is 2.53 bits per heavy atom. The van der Waals surface area contributed by atoms with Crippen molar-refractivity contribution in [3.8, 4) is 22.8 Å². The summed E-state index contributed by atoms with van der Waals surface area (Å²) in [6.07, 6.45) is 0. The van der Waals surface area contributed by atoms with Crippen LogP contribution in [0.4, 0.5) is 5.69 Å². The molecule has 9 nitrogen and oxygen atoms in total. The fourth-order valence-electron chi connectivity index (χ4n) is 3.54. The predicted molar refractivity (Wildman–Crippen MR) is 137 cm³/mol. The summed E-state index contributed by atoms with van der Waals surface area (Å²) in [6, 6.07) is 24.2. The topological polar surface area (TPSA) is 123 Å². The number of hydrogen-bond donors (Lipinski definition) is 2. The Bertz CT molecular complexity index is 1560. The first kappa shape index (κ1) is 22.9. The molecule has 2 heterocycles. The molecule has 36 heavy (non-hydrogen) atoms. The van der Waals surface area contributed by atoms with Gasteiger partial charge in [0.25, 0.3) is 11.6 Å². The molecule has 0 fully saturated rings. The second-order valence-corrected chi connectivity index (χ2v) is 8.20. The van der Waals surface area contributed by atoms with Crippen LogP contribution in [0.5, 0.6) is 0 Å². The van der Waals surface area contributed by atoms with Crippen LogP contribution in [0, 0.1) is 10.1 Å². The fraction of sp³-hybridized carbons (Fsp3) is 0.0385. The van der Waals surface area contributed by atoms with Gasteiger partial charge in [-0.05, 0) is 54.2 Å². The standard InChI is InChI=1S/C26H18N4O5S/c31-24(23-13-12-21(34-23)18-4-3-5-19(14-18)30(32)33)29-26(36)27-15-16-8-10-17(11-9-16)25-28-20-6-1-2-7-22(20)35-25/h1-14H,15H2,(H2,27,29,31,36). The maximum Gasteiger partial charge on any atom is 0.293 e. The van der Waals surface area contributed by atoms with Gasteiger partial charge in [0.05, 0.1) is 4.92 Å². The zero-order chi connectivity index (χ0) is 25.1. The summed E-state index contributed by atoms with van der Waals surface area (Å²) in [5, 5.41) is 16.7. The number of amides is 1. The Balaban J connectivity index is 1.17. The highest BCUT2D eigenvalue weighted by Gasteiger charge is 2.15. The molecular formula is C26H18N4O5S. The molecule has 0 aliphatic carbocycles. The zero-order valence-electron chi connectivity index (χ0n) is 18.6. The number of thiocarbonyl (C=S) groups is 1. The van der Waals surface area contributed by atoms with Crippen molar-refractivity contribution in [2.24, 2.45) is 0 Å². The Kier molecular flexibility index (Phi) is 6.25. The van der Waals surface area contributed by atoms with Crippen molar-refractivity contribution >= 4 is 40.0 Å². The summed E-state index contributed by atoms with van der Waals surface area (Å²) in [5.74, 6) is 0.377. The number of non-ortho nitro benzene ring substituents is 1. The zero-order valence-corrected chi connectivity index (χ0v) is 19.5. The minimum atomic E-state index is -0.532. The number of carbonyl (C=O) groups excluding carboxylic acids is 1. The number of hydrogen-bond acceptors (Lipinski definition) is 7. The molecule has 0 unspecified atom stereocenters. The molecule has 0 aliphatic rings. The number of nitrogens with zero attached hydrogens (tertiary/aromatic N) is 2. The first-order valence-electron chi connectivity index (χ1n) is 10.8. The van der Waals surface area contributed by atoms with Gasteiger partial charge in [-0.2, -0.15) is 0 Å². The monoisotopic (exact) mass is 498 g/mol. The number of fused-ring (bicyclic) bond motifs is 1. The van der Waals surface area contributed by atoms with E-state index in [9.17, 15) is 14.9 Å². The van der Waals surface area contributed by atoms with Gasteiger partial charge in [0.2, 0.25) is 5.89 Å². The van der Waals surface area contributed by atoms with E-state index in [0.29, 0.717) is 23.8 Å². The van der Waals surface area contributed by atoms with Crippen LogP contribution in [0.25, 0.3) is 33.9 Å². The minimum absolute atomic E-state index is 0.0309. The van der Waals surface area contributed by atoms with Crippen molar-refractivity contribution < 1.29 is 18.6 Å². The summed E-state index contributed by atoms with van der Waals surface area (Å²) in [6.45, 7) is 0.393. The van der Waals surface area contributed by atoms with Gasteiger partial charge in [-0.3, -0.25) is 20.2 Å². The Labute approximate surface area is 209 Å². The Hall–Kier alpha value is -4.83. The number of furan rings is 1. The molecule has 0 aliphatic heterocycles. The molecule has 10 heteroatoms. The third kappa shape index (κ3) is 4.98. The average molecular weight is 499 g/mol.